The monoisotopic (exact) mass is 358 g/mol. The smallest absolute Gasteiger partial charge is 0.264 e. The molecule has 0 unspecified atom stereocenters. The highest BCUT2D eigenvalue weighted by Gasteiger charge is 2.19. The predicted molar refractivity (Wildman–Crippen MR) is 80.5 cm³/mol. The second-order valence-corrected chi connectivity index (χ2v) is 6.73. The van der Waals surface area contributed by atoms with Crippen LogP contribution in [0.5, 0.6) is 0 Å². The van der Waals surface area contributed by atoms with E-state index in [0.717, 1.165) is 16.1 Å². The lowest BCUT2D eigenvalue weighted by Gasteiger charge is -2.11. The van der Waals surface area contributed by atoms with Crippen LogP contribution in [0.2, 0.25) is 0 Å². The van der Waals surface area contributed by atoms with Crippen molar-refractivity contribution < 1.29 is 12.8 Å². The highest BCUT2D eigenvalue weighted by atomic mass is 79.9. The molecule has 0 saturated carbocycles. The fraction of sp³-hybridized carbons (Fsp3) is 0.0769. The predicted octanol–water partition coefficient (Wildman–Crippen LogP) is 3.28. The molecule has 3 N–H and O–H groups in total. The van der Waals surface area contributed by atoms with Crippen molar-refractivity contribution in [2.45, 2.75) is 11.8 Å². The van der Waals surface area contributed by atoms with Gasteiger partial charge in [0.05, 0.1) is 5.69 Å². The zero-order valence-electron chi connectivity index (χ0n) is 10.5. The third-order valence-electron chi connectivity index (χ3n) is 2.71. The molecule has 2 aromatic carbocycles. The first-order chi connectivity index (χ1) is 9.31. The molecule has 0 amide bonds. The third kappa shape index (κ3) is 2.94. The molecule has 7 heteroatoms. The van der Waals surface area contributed by atoms with Gasteiger partial charge in [-0.3, -0.25) is 4.72 Å². The van der Waals surface area contributed by atoms with Crippen LogP contribution in [0, 0.1) is 12.7 Å². The molecule has 20 heavy (non-hydrogen) atoms. The van der Waals surface area contributed by atoms with Crippen molar-refractivity contribution >= 4 is 37.3 Å². The Morgan fingerprint density at radius 2 is 1.95 bits per heavy atom. The Morgan fingerprint density at radius 3 is 2.60 bits per heavy atom. The normalized spacial score (nSPS) is 11.3. The van der Waals surface area contributed by atoms with Crippen LogP contribution in [0.1, 0.15) is 5.56 Å². The minimum Gasteiger partial charge on any atom is -0.395 e. The number of aryl methyl sites for hydroxylation is 1. The second-order valence-electron chi connectivity index (χ2n) is 4.22. The fourth-order valence-electron chi connectivity index (χ4n) is 1.67. The molecule has 0 aliphatic heterocycles. The van der Waals surface area contributed by atoms with Crippen molar-refractivity contribution in [3.63, 3.8) is 0 Å². The van der Waals surface area contributed by atoms with Gasteiger partial charge in [-0.05, 0) is 42.8 Å². The quantitative estimate of drug-likeness (QED) is 0.827. The van der Waals surface area contributed by atoms with Gasteiger partial charge >= 0.3 is 0 Å². The number of halogens is 2. The molecular formula is C13H12BrFN2O2S. The summed E-state index contributed by atoms with van der Waals surface area (Å²) in [6.07, 6.45) is 0. The summed E-state index contributed by atoms with van der Waals surface area (Å²) in [5, 5.41) is 0. The molecule has 0 spiro atoms. The molecule has 2 aromatic rings. The summed E-state index contributed by atoms with van der Waals surface area (Å²) in [5.74, 6) is -0.764. The molecular weight excluding hydrogens is 347 g/mol. The summed E-state index contributed by atoms with van der Waals surface area (Å²) >= 11 is 3.33. The van der Waals surface area contributed by atoms with Gasteiger partial charge in [-0.2, -0.15) is 0 Å². The van der Waals surface area contributed by atoms with Gasteiger partial charge in [-0.1, -0.05) is 22.0 Å². The number of nitrogens with two attached hydrogens (primary N) is 1. The maximum absolute atomic E-state index is 13.3. The van der Waals surface area contributed by atoms with E-state index in [0.29, 0.717) is 5.69 Å². The Labute approximate surface area is 125 Å². The molecule has 0 heterocycles. The van der Waals surface area contributed by atoms with Crippen molar-refractivity contribution in [3.05, 3.63) is 52.3 Å². The second kappa shape index (κ2) is 5.41. The van der Waals surface area contributed by atoms with Crippen LogP contribution in [-0.4, -0.2) is 8.42 Å². The maximum atomic E-state index is 13.3. The Hall–Kier alpha value is -1.60. The van der Waals surface area contributed by atoms with Crippen LogP contribution < -0.4 is 10.5 Å². The number of benzene rings is 2. The average molecular weight is 359 g/mol. The molecule has 0 fully saturated rings. The average Bonchev–Trinajstić information content (AvgIpc) is 2.36. The van der Waals surface area contributed by atoms with Gasteiger partial charge in [-0.15, -0.1) is 0 Å². The van der Waals surface area contributed by atoms with Gasteiger partial charge in [0, 0.05) is 10.2 Å². The van der Waals surface area contributed by atoms with Gasteiger partial charge in [0.15, 0.2) is 0 Å². The third-order valence-corrected chi connectivity index (χ3v) is 5.04. The Morgan fingerprint density at radius 1 is 1.25 bits per heavy atom. The summed E-state index contributed by atoms with van der Waals surface area (Å²) in [6.45, 7) is 1.83. The molecule has 0 radical (unpaired) electrons. The number of rotatable bonds is 3. The molecule has 0 aliphatic carbocycles. The number of hydrogen-bond acceptors (Lipinski definition) is 3. The highest BCUT2D eigenvalue weighted by Crippen LogP contribution is 2.25. The minimum atomic E-state index is -3.93. The van der Waals surface area contributed by atoms with Gasteiger partial charge < -0.3 is 5.73 Å². The number of nitrogens with one attached hydrogen (secondary N) is 1. The number of para-hydroxylation sites is 1. The number of hydrogen-bond donors (Lipinski definition) is 2. The van der Waals surface area contributed by atoms with Gasteiger partial charge in [0.1, 0.15) is 10.7 Å². The van der Waals surface area contributed by atoms with Crippen molar-refractivity contribution in [2.75, 3.05) is 10.5 Å². The van der Waals surface area contributed by atoms with Crippen LogP contribution in [0.3, 0.4) is 0 Å². The Balaban J connectivity index is 2.41. The van der Waals surface area contributed by atoms with E-state index in [1.165, 1.54) is 12.1 Å². The van der Waals surface area contributed by atoms with E-state index in [1.54, 1.807) is 18.2 Å². The summed E-state index contributed by atoms with van der Waals surface area (Å²) in [7, 11) is -3.93. The standard InChI is InChI=1S/C13H12BrFN2O2S/c1-8-7-9(5-6-10(8)14)17-20(18,19)12-4-2-3-11(15)13(12)16/h2-7,17H,16H2,1H3. The van der Waals surface area contributed by atoms with Crippen LogP contribution in [-0.2, 0) is 10.0 Å². The van der Waals surface area contributed by atoms with Gasteiger partial charge in [-0.25, -0.2) is 12.8 Å². The molecule has 106 valence electrons. The summed E-state index contributed by atoms with van der Waals surface area (Å²) in [6, 6.07) is 8.65. The van der Waals surface area contributed by atoms with Crippen molar-refractivity contribution in [2.24, 2.45) is 0 Å². The van der Waals surface area contributed by atoms with E-state index >= 15 is 0 Å². The molecule has 0 aromatic heterocycles. The van der Waals surface area contributed by atoms with E-state index in [-0.39, 0.29) is 4.90 Å². The van der Waals surface area contributed by atoms with Crippen LogP contribution in [0.15, 0.2) is 45.8 Å². The topological polar surface area (TPSA) is 72.2 Å². The first kappa shape index (κ1) is 14.8. The van der Waals surface area contributed by atoms with Crippen molar-refractivity contribution in [1.29, 1.82) is 0 Å². The lowest BCUT2D eigenvalue weighted by atomic mass is 10.2. The molecule has 0 atom stereocenters. The molecule has 0 bridgehead atoms. The summed E-state index contributed by atoms with van der Waals surface area (Å²) in [4.78, 5) is -0.280. The van der Waals surface area contributed by atoms with Crippen LogP contribution >= 0.6 is 15.9 Å². The SMILES string of the molecule is Cc1cc(NS(=O)(=O)c2cccc(F)c2N)ccc1Br. The number of anilines is 2. The van der Waals surface area contributed by atoms with E-state index in [1.807, 2.05) is 6.92 Å². The first-order valence-electron chi connectivity index (χ1n) is 5.64. The zero-order chi connectivity index (χ0) is 14.9. The van der Waals surface area contributed by atoms with Crippen molar-refractivity contribution in [3.8, 4) is 0 Å². The summed E-state index contributed by atoms with van der Waals surface area (Å²) < 4.78 is 41.0. The highest BCUT2D eigenvalue weighted by molar-refractivity contribution is 9.10. The Kier molecular flexibility index (Phi) is 4.01. The first-order valence-corrected chi connectivity index (χ1v) is 7.92. The van der Waals surface area contributed by atoms with Gasteiger partial charge in [0.2, 0.25) is 0 Å². The molecule has 4 nitrogen and oxygen atoms in total. The van der Waals surface area contributed by atoms with E-state index in [9.17, 15) is 12.8 Å². The van der Waals surface area contributed by atoms with Gasteiger partial charge in [0.25, 0.3) is 10.0 Å². The fourth-order valence-corrected chi connectivity index (χ4v) is 3.11. The van der Waals surface area contributed by atoms with E-state index < -0.39 is 21.5 Å². The van der Waals surface area contributed by atoms with E-state index in [4.69, 9.17) is 5.73 Å². The van der Waals surface area contributed by atoms with Crippen LogP contribution in [0.4, 0.5) is 15.8 Å². The molecule has 0 aliphatic rings. The lowest BCUT2D eigenvalue weighted by molar-refractivity contribution is 0.597. The number of nitrogen functional groups attached to an aromatic ring is 1. The maximum Gasteiger partial charge on any atom is 0.264 e. The number of sulfonamides is 1. The van der Waals surface area contributed by atoms with Crippen LogP contribution in [0.25, 0.3) is 0 Å². The lowest BCUT2D eigenvalue weighted by Crippen LogP contribution is -2.15. The Bertz CT molecular complexity index is 763. The van der Waals surface area contributed by atoms with Crippen molar-refractivity contribution in [1.82, 2.24) is 0 Å². The summed E-state index contributed by atoms with van der Waals surface area (Å²) in [5.41, 5.74) is 6.34. The molecule has 2 rings (SSSR count). The van der Waals surface area contributed by atoms with E-state index in [2.05, 4.69) is 20.7 Å². The largest absolute Gasteiger partial charge is 0.395 e. The molecule has 0 saturated heterocycles. The minimum absolute atomic E-state index is 0.280. The zero-order valence-corrected chi connectivity index (χ0v) is 12.9.